The second kappa shape index (κ2) is 7.67. The van der Waals surface area contributed by atoms with Crippen LogP contribution in [0.2, 0.25) is 16.6 Å². The highest BCUT2D eigenvalue weighted by Gasteiger charge is 2.46. The molecule has 0 unspecified atom stereocenters. The second-order valence-corrected chi connectivity index (χ2v) is 12.3. The highest BCUT2D eigenvalue weighted by molar-refractivity contribution is 7.80. The van der Waals surface area contributed by atoms with Gasteiger partial charge in [0.1, 0.15) is 0 Å². The number of hydrogen-bond acceptors (Lipinski definition) is 2. The van der Waals surface area contributed by atoms with E-state index in [9.17, 15) is 0 Å². The van der Waals surface area contributed by atoms with Crippen molar-refractivity contribution in [2.24, 2.45) is 0 Å². The van der Waals surface area contributed by atoms with Crippen molar-refractivity contribution in [2.75, 3.05) is 5.75 Å². The van der Waals surface area contributed by atoms with Crippen molar-refractivity contribution in [2.45, 2.75) is 64.3 Å². The van der Waals surface area contributed by atoms with E-state index in [0.717, 1.165) is 5.75 Å². The van der Waals surface area contributed by atoms with Crippen molar-refractivity contribution < 1.29 is 4.43 Å². The summed E-state index contributed by atoms with van der Waals surface area (Å²) in [5.41, 5.74) is 3.07. The smallest absolute Gasteiger partial charge is 0.201 e. The molecule has 0 heterocycles. The van der Waals surface area contributed by atoms with E-state index in [1.165, 1.54) is 5.56 Å². The fourth-order valence-corrected chi connectivity index (χ4v) is 9.49. The fourth-order valence-electron chi connectivity index (χ4n) is 3.53. The molecule has 20 heavy (non-hydrogen) atoms. The molecule has 1 nitrogen and oxygen atoms in total. The van der Waals surface area contributed by atoms with Crippen LogP contribution in [0.3, 0.4) is 0 Å². The SMILES string of the molecule is CC(C)[Si](O[C@@H](CS)c1ccccc1)(C(C)C)C(C)C. The first-order chi connectivity index (χ1) is 9.36. The molecule has 0 saturated carbocycles. The Morgan fingerprint density at radius 3 is 1.70 bits per heavy atom. The Kier molecular flexibility index (Phi) is 6.82. The topological polar surface area (TPSA) is 9.23 Å². The van der Waals surface area contributed by atoms with Crippen molar-refractivity contribution in [3.05, 3.63) is 35.9 Å². The summed E-state index contributed by atoms with van der Waals surface area (Å²) in [6.45, 7) is 14.0. The molecule has 0 saturated heterocycles. The van der Waals surface area contributed by atoms with Crippen molar-refractivity contribution in [1.82, 2.24) is 0 Å². The lowest BCUT2D eigenvalue weighted by Crippen LogP contribution is -2.48. The van der Waals surface area contributed by atoms with Gasteiger partial charge in [-0.25, -0.2) is 0 Å². The Morgan fingerprint density at radius 2 is 1.35 bits per heavy atom. The summed E-state index contributed by atoms with van der Waals surface area (Å²) >= 11 is 4.54. The molecule has 0 aromatic heterocycles. The first-order valence-electron chi connectivity index (χ1n) is 7.69. The molecule has 114 valence electrons. The van der Waals surface area contributed by atoms with E-state index in [2.05, 4.69) is 84.5 Å². The predicted molar refractivity (Wildman–Crippen MR) is 95.2 cm³/mol. The van der Waals surface area contributed by atoms with E-state index in [-0.39, 0.29) is 6.10 Å². The molecule has 0 aliphatic carbocycles. The number of benzene rings is 1. The van der Waals surface area contributed by atoms with Crippen LogP contribution in [0.5, 0.6) is 0 Å². The minimum Gasteiger partial charge on any atom is -0.408 e. The van der Waals surface area contributed by atoms with Crippen LogP contribution >= 0.6 is 12.6 Å². The largest absolute Gasteiger partial charge is 0.408 e. The summed E-state index contributed by atoms with van der Waals surface area (Å²) in [7, 11) is -1.84. The molecule has 3 heteroatoms. The number of hydrogen-bond donors (Lipinski definition) is 1. The van der Waals surface area contributed by atoms with Crippen molar-refractivity contribution in [1.29, 1.82) is 0 Å². The molecule has 0 spiro atoms. The Balaban J connectivity index is 3.10. The monoisotopic (exact) mass is 310 g/mol. The van der Waals surface area contributed by atoms with Gasteiger partial charge >= 0.3 is 0 Å². The van der Waals surface area contributed by atoms with Crippen LogP contribution < -0.4 is 0 Å². The maximum Gasteiger partial charge on any atom is 0.201 e. The Hall–Kier alpha value is -0.253. The Labute approximate surface area is 131 Å². The second-order valence-electron chi connectivity index (χ2n) is 6.52. The summed E-state index contributed by atoms with van der Waals surface area (Å²) < 4.78 is 6.82. The van der Waals surface area contributed by atoms with Crippen LogP contribution in [0.1, 0.15) is 53.2 Å². The molecule has 0 aliphatic heterocycles. The quantitative estimate of drug-likeness (QED) is 0.491. The minimum absolute atomic E-state index is 0.110. The lowest BCUT2D eigenvalue weighted by atomic mass is 10.1. The average Bonchev–Trinajstić information content (AvgIpc) is 2.39. The molecule has 1 rings (SSSR count). The summed E-state index contributed by atoms with van der Waals surface area (Å²) in [6, 6.07) is 10.5. The lowest BCUT2D eigenvalue weighted by Gasteiger charge is -2.44. The van der Waals surface area contributed by atoms with E-state index in [1.807, 2.05) is 0 Å². The van der Waals surface area contributed by atoms with E-state index in [4.69, 9.17) is 4.43 Å². The number of thiol groups is 1. The van der Waals surface area contributed by atoms with Crippen molar-refractivity contribution in [3.8, 4) is 0 Å². The van der Waals surface area contributed by atoms with Gasteiger partial charge in [0.15, 0.2) is 0 Å². The Morgan fingerprint density at radius 1 is 0.900 bits per heavy atom. The molecule has 0 radical (unpaired) electrons. The summed E-state index contributed by atoms with van der Waals surface area (Å²) in [5.74, 6) is 0.741. The van der Waals surface area contributed by atoms with Gasteiger partial charge in [0.2, 0.25) is 8.32 Å². The Bertz CT molecular complexity index is 367. The summed E-state index contributed by atoms with van der Waals surface area (Å²) in [6.07, 6.45) is 0.110. The standard InChI is InChI=1S/C17H30OSSi/c1-13(2)20(14(3)4,15(5)6)18-17(12-19)16-10-8-7-9-11-16/h7-11,13-15,17,19H,12H2,1-6H3/t17-/m0/s1. The first kappa shape index (κ1) is 17.8. The van der Waals surface area contributed by atoms with E-state index in [0.29, 0.717) is 16.6 Å². The zero-order chi connectivity index (χ0) is 15.3. The van der Waals surface area contributed by atoms with Gasteiger partial charge in [-0.2, -0.15) is 12.6 Å². The molecule has 0 aliphatic rings. The third-order valence-corrected chi connectivity index (χ3v) is 10.8. The van der Waals surface area contributed by atoms with Gasteiger partial charge in [-0.05, 0) is 22.2 Å². The highest BCUT2D eigenvalue weighted by atomic mass is 32.1. The van der Waals surface area contributed by atoms with Gasteiger partial charge in [-0.1, -0.05) is 71.9 Å². The maximum atomic E-state index is 6.82. The third kappa shape index (κ3) is 3.69. The highest BCUT2D eigenvalue weighted by Crippen LogP contribution is 2.45. The molecule has 0 fully saturated rings. The van der Waals surface area contributed by atoms with Crippen molar-refractivity contribution in [3.63, 3.8) is 0 Å². The molecule has 1 aromatic rings. The van der Waals surface area contributed by atoms with Crippen LogP contribution in [0.25, 0.3) is 0 Å². The molecule has 1 atom stereocenters. The van der Waals surface area contributed by atoms with Gasteiger partial charge in [0.05, 0.1) is 6.10 Å². The minimum atomic E-state index is -1.84. The first-order valence-corrected chi connectivity index (χ1v) is 10.5. The van der Waals surface area contributed by atoms with Gasteiger partial charge in [-0.15, -0.1) is 0 Å². The van der Waals surface area contributed by atoms with Crippen LogP contribution in [0.4, 0.5) is 0 Å². The van der Waals surface area contributed by atoms with Crippen molar-refractivity contribution >= 4 is 20.9 Å². The summed E-state index contributed by atoms with van der Waals surface area (Å²) in [5, 5.41) is 0. The molecule has 0 N–H and O–H groups in total. The molecular weight excluding hydrogens is 280 g/mol. The van der Waals surface area contributed by atoms with Crippen LogP contribution in [0.15, 0.2) is 30.3 Å². The molecular formula is C17H30OSSi. The maximum absolute atomic E-state index is 6.82. The third-order valence-electron chi connectivity index (χ3n) is 4.39. The predicted octanol–water partition coefficient (Wildman–Crippen LogP) is 5.85. The van der Waals surface area contributed by atoms with Gasteiger partial charge in [-0.3, -0.25) is 0 Å². The van der Waals surface area contributed by atoms with Gasteiger partial charge in [0.25, 0.3) is 0 Å². The fraction of sp³-hybridized carbons (Fsp3) is 0.647. The number of rotatable bonds is 7. The van der Waals surface area contributed by atoms with Gasteiger partial charge in [0, 0.05) is 5.75 Å². The molecule has 0 amide bonds. The molecule has 1 aromatic carbocycles. The normalized spacial score (nSPS) is 14.3. The van der Waals surface area contributed by atoms with Crippen LogP contribution in [-0.2, 0) is 4.43 Å². The van der Waals surface area contributed by atoms with E-state index >= 15 is 0 Å². The van der Waals surface area contributed by atoms with Gasteiger partial charge < -0.3 is 4.43 Å². The zero-order valence-electron chi connectivity index (χ0n) is 13.8. The van der Waals surface area contributed by atoms with Crippen LogP contribution in [0, 0.1) is 0 Å². The lowest BCUT2D eigenvalue weighted by molar-refractivity contribution is 0.199. The zero-order valence-corrected chi connectivity index (χ0v) is 15.7. The van der Waals surface area contributed by atoms with E-state index < -0.39 is 8.32 Å². The van der Waals surface area contributed by atoms with E-state index in [1.54, 1.807) is 0 Å². The summed E-state index contributed by atoms with van der Waals surface area (Å²) in [4.78, 5) is 0. The average molecular weight is 311 g/mol. The van der Waals surface area contributed by atoms with Crippen LogP contribution in [-0.4, -0.2) is 14.1 Å². The molecule has 0 bridgehead atoms.